The Hall–Kier alpha value is -2.78. The van der Waals surface area contributed by atoms with E-state index >= 15 is 0 Å². The molecule has 2 rings (SSSR count). The topological polar surface area (TPSA) is 94.6 Å². The molecule has 0 radical (unpaired) electrons. The van der Waals surface area contributed by atoms with E-state index in [2.05, 4.69) is 26.3 Å². The Kier molecular flexibility index (Phi) is 8.29. The lowest BCUT2D eigenvalue weighted by atomic mass is 10.1. The molecule has 0 spiro atoms. The molecule has 29 heavy (non-hydrogen) atoms. The molecule has 7 nitrogen and oxygen atoms in total. The Morgan fingerprint density at radius 1 is 1.00 bits per heavy atom. The van der Waals surface area contributed by atoms with Crippen molar-refractivity contribution in [2.24, 2.45) is 10.9 Å². The van der Waals surface area contributed by atoms with Crippen molar-refractivity contribution in [3.8, 4) is 0 Å². The van der Waals surface area contributed by atoms with E-state index in [0.717, 1.165) is 37.1 Å². The molecule has 1 saturated carbocycles. The van der Waals surface area contributed by atoms with Gasteiger partial charge in [0.25, 0.3) is 5.91 Å². The van der Waals surface area contributed by atoms with Crippen LogP contribution in [0.25, 0.3) is 0 Å². The summed E-state index contributed by atoms with van der Waals surface area (Å²) in [6.45, 7) is 4.09. The summed E-state index contributed by atoms with van der Waals surface area (Å²) in [5, 5.41) is 11.6. The van der Waals surface area contributed by atoms with Gasteiger partial charge in [0.15, 0.2) is 5.96 Å². The molecule has 2 amide bonds. The highest BCUT2D eigenvalue weighted by molar-refractivity contribution is 5.94. The third kappa shape index (κ3) is 8.00. The quantitative estimate of drug-likeness (QED) is 0.281. The van der Waals surface area contributed by atoms with E-state index in [9.17, 15) is 22.8 Å². The zero-order chi connectivity index (χ0) is 21.3. The number of benzene rings is 1. The first-order chi connectivity index (χ1) is 13.8. The zero-order valence-electron chi connectivity index (χ0n) is 16.2. The summed E-state index contributed by atoms with van der Waals surface area (Å²) < 4.78 is 37.6. The summed E-state index contributed by atoms with van der Waals surface area (Å²) in [7, 11) is 0. The van der Waals surface area contributed by atoms with Gasteiger partial charge < -0.3 is 21.3 Å². The number of nitrogens with one attached hydrogen (secondary N) is 4. The first kappa shape index (κ1) is 22.5. The number of alkyl halides is 3. The third-order valence-corrected chi connectivity index (χ3v) is 4.15. The van der Waals surface area contributed by atoms with Crippen LogP contribution in [-0.4, -0.2) is 50.5 Å². The minimum atomic E-state index is -4.43. The van der Waals surface area contributed by atoms with Crippen molar-refractivity contribution in [2.75, 3.05) is 32.7 Å². The highest BCUT2D eigenvalue weighted by Gasteiger charge is 2.30. The van der Waals surface area contributed by atoms with E-state index < -0.39 is 17.6 Å². The lowest BCUT2D eigenvalue weighted by Crippen LogP contribution is -2.42. The molecular weight excluding hydrogens is 387 g/mol. The fourth-order valence-electron chi connectivity index (χ4n) is 2.45. The average Bonchev–Trinajstić information content (AvgIpc) is 3.52. The maximum atomic E-state index is 12.5. The molecule has 10 heteroatoms. The Bertz CT molecular complexity index is 716. The smallest absolute Gasteiger partial charge is 0.357 e. The molecule has 1 aromatic carbocycles. The molecule has 0 saturated heterocycles. The second-order valence-electron chi connectivity index (χ2n) is 6.58. The maximum absolute atomic E-state index is 12.5. The van der Waals surface area contributed by atoms with Gasteiger partial charge in [0.1, 0.15) is 0 Å². The minimum Gasteiger partial charge on any atom is -0.357 e. The Balaban J connectivity index is 1.69. The standard InChI is InChI=1S/C19H26F3N5O2/c1-2-23-18(26-11-9-24-16(28)13-3-4-13)27-12-10-25-17(29)14-5-7-15(8-6-14)19(20,21)22/h5-8,13H,2-4,9-12H2,1H3,(H,24,28)(H,25,29)(H2,23,26,27). The highest BCUT2D eigenvalue weighted by atomic mass is 19.4. The van der Waals surface area contributed by atoms with Crippen molar-refractivity contribution in [3.05, 3.63) is 35.4 Å². The number of nitrogens with zero attached hydrogens (tertiary/aromatic N) is 1. The van der Waals surface area contributed by atoms with Gasteiger partial charge in [-0.25, -0.2) is 0 Å². The molecule has 0 atom stereocenters. The van der Waals surface area contributed by atoms with Crippen LogP contribution in [0.5, 0.6) is 0 Å². The Morgan fingerprint density at radius 2 is 1.66 bits per heavy atom. The van der Waals surface area contributed by atoms with Gasteiger partial charge in [0.2, 0.25) is 5.91 Å². The van der Waals surface area contributed by atoms with Crippen LogP contribution in [0.1, 0.15) is 35.7 Å². The van der Waals surface area contributed by atoms with E-state index in [4.69, 9.17) is 0 Å². The largest absolute Gasteiger partial charge is 0.416 e. The number of rotatable bonds is 9. The fourth-order valence-corrected chi connectivity index (χ4v) is 2.45. The van der Waals surface area contributed by atoms with E-state index in [-0.39, 0.29) is 23.9 Å². The van der Waals surface area contributed by atoms with Crippen molar-refractivity contribution in [3.63, 3.8) is 0 Å². The zero-order valence-corrected chi connectivity index (χ0v) is 16.2. The molecule has 1 fully saturated rings. The molecule has 0 heterocycles. The summed E-state index contributed by atoms with van der Waals surface area (Å²) in [5.74, 6) is 0.338. The number of hydrogen-bond donors (Lipinski definition) is 4. The normalized spacial score (nSPS) is 14.3. The number of halogens is 3. The second kappa shape index (κ2) is 10.7. The van der Waals surface area contributed by atoms with Crippen LogP contribution in [0.3, 0.4) is 0 Å². The number of carbonyl (C=O) groups is 2. The van der Waals surface area contributed by atoms with Gasteiger partial charge in [0, 0.05) is 37.7 Å². The van der Waals surface area contributed by atoms with E-state index in [1.54, 1.807) is 0 Å². The number of amides is 2. The van der Waals surface area contributed by atoms with E-state index in [0.29, 0.717) is 32.1 Å². The molecule has 160 valence electrons. The van der Waals surface area contributed by atoms with Crippen molar-refractivity contribution >= 4 is 17.8 Å². The number of carbonyl (C=O) groups excluding carboxylic acids is 2. The van der Waals surface area contributed by atoms with Crippen LogP contribution >= 0.6 is 0 Å². The second-order valence-corrected chi connectivity index (χ2v) is 6.58. The SMILES string of the molecule is CCNC(=NCCNC(=O)C1CC1)NCCNC(=O)c1ccc(C(F)(F)F)cc1. The van der Waals surface area contributed by atoms with Gasteiger partial charge in [0.05, 0.1) is 12.1 Å². The third-order valence-electron chi connectivity index (χ3n) is 4.15. The minimum absolute atomic E-state index is 0.0733. The van der Waals surface area contributed by atoms with Gasteiger partial charge in [-0.1, -0.05) is 0 Å². The summed E-state index contributed by atoms with van der Waals surface area (Å²) in [4.78, 5) is 27.9. The number of guanidine groups is 1. The van der Waals surface area contributed by atoms with Crippen LogP contribution in [0, 0.1) is 5.92 Å². The van der Waals surface area contributed by atoms with Crippen molar-refractivity contribution in [1.29, 1.82) is 0 Å². The summed E-state index contributed by atoms with van der Waals surface area (Å²) in [5.41, 5.74) is -0.638. The maximum Gasteiger partial charge on any atom is 0.416 e. The van der Waals surface area contributed by atoms with Crippen LogP contribution in [0.4, 0.5) is 13.2 Å². The highest BCUT2D eigenvalue weighted by Crippen LogP contribution is 2.29. The van der Waals surface area contributed by atoms with Gasteiger partial charge in [-0.15, -0.1) is 0 Å². The van der Waals surface area contributed by atoms with Crippen molar-refractivity contribution in [2.45, 2.75) is 25.9 Å². The molecule has 1 aliphatic carbocycles. The predicted octanol–water partition coefficient (Wildman–Crippen LogP) is 1.52. The molecule has 0 aliphatic heterocycles. The molecule has 1 aliphatic rings. The number of hydrogen-bond acceptors (Lipinski definition) is 3. The van der Waals surface area contributed by atoms with Gasteiger partial charge in [-0.3, -0.25) is 14.6 Å². The van der Waals surface area contributed by atoms with E-state index in [1.807, 2.05) is 6.92 Å². The Morgan fingerprint density at radius 3 is 2.24 bits per heavy atom. The average molecular weight is 413 g/mol. The van der Waals surface area contributed by atoms with Crippen LogP contribution in [0.2, 0.25) is 0 Å². The lowest BCUT2D eigenvalue weighted by molar-refractivity contribution is -0.137. The van der Waals surface area contributed by atoms with E-state index in [1.165, 1.54) is 0 Å². The number of aliphatic imine (C=N–C) groups is 1. The van der Waals surface area contributed by atoms with Crippen LogP contribution < -0.4 is 21.3 Å². The fraction of sp³-hybridized carbons (Fsp3) is 0.526. The van der Waals surface area contributed by atoms with Crippen LogP contribution in [0.15, 0.2) is 29.3 Å². The summed E-state index contributed by atoms with van der Waals surface area (Å²) in [6, 6.07) is 4.05. The van der Waals surface area contributed by atoms with Gasteiger partial charge in [-0.05, 0) is 44.0 Å². The predicted molar refractivity (Wildman–Crippen MR) is 103 cm³/mol. The summed E-state index contributed by atoms with van der Waals surface area (Å²) in [6.07, 6.45) is -2.52. The first-order valence-corrected chi connectivity index (χ1v) is 9.56. The molecular formula is C19H26F3N5O2. The lowest BCUT2D eigenvalue weighted by Gasteiger charge is -2.12. The van der Waals surface area contributed by atoms with Gasteiger partial charge in [-0.2, -0.15) is 13.2 Å². The van der Waals surface area contributed by atoms with Crippen molar-refractivity contribution in [1.82, 2.24) is 21.3 Å². The molecule has 0 unspecified atom stereocenters. The molecule has 4 N–H and O–H groups in total. The van der Waals surface area contributed by atoms with Crippen LogP contribution in [-0.2, 0) is 11.0 Å². The Labute approximate surface area is 167 Å². The molecule has 0 aromatic heterocycles. The molecule has 0 bridgehead atoms. The van der Waals surface area contributed by atoms with Gasteiger partial charge >= 0.3 is 6.18 Å². The van der Waals surface area contributed by atoms with Crippen molar-refractivity contribution < 1.29 is 22.8 Å². The first-order valence-electron chi connectivity index (χ1n) is 9.56. The monoisotopic (exact) mass is 413 g/mol. The summed E-state index contributed by atoms with van der Waals surface area (Å²) >= 11 is 0. The molecule has 1 aromatic rings.